The average Bonchev–Trinajstić information content (AvgIpc) is 2.74. The molecule has 5 heteroatoms. The molecule has 0 saturated heterocycles. The van der Waals surface area contributed by atoms with Gasteiger partial charge >= 0.3 is 0 Å². The Balaban J connectivity index is 1.82. The summed E-state index contributed by atoms with van der Waals surface area (Å²) < 4.78 is 6.06. The van der Waals surface area contributed by atoms with Gasteiger partial charge in [-0.05, 0) is 36.7 Å². The van der Waals surface area contributed by atoms with Crippen LogP contribution in [0.25, 0.3) is 0 Å². The molecule has 0 fully saturated rings. The van der Waals surface area contributed by atoms with Crippen molar-refractivity contribution in [3.63, 3.8) is 0 Å². The smallest absolute Gasteiger partial charge is 0.261 e. The number of carbonyl (C=O) groups excluding carboxylic acids is 2. The molecule has 0 saturated carbocycles. The summed E-state index contributed by atoms with van der Waals surface area (Å²) in [6, 6.07) is 6.98. The summed E-state index contributed by atoms with van der Waals surface area (Å²) in [4.78, 5) is 25.8. The van der Waals surface area contributed by atoms with Gasteiger partial charge in [0.1, 0.15) is 0 Å². The van der Waals surface area contributed by atoms with E-state index in [1.807, 2.05) is 12.2 Å². The quantitative estimate of drug-likeness (QED) is 0.440. The molecule has 130 valence electrons. The third-order valence-electron chi connectivity index (χ3n) is 4.91. The van der Waals surface area contributed by atoms with Crippen LogP contribution in [0.4, 0.5) is 0 Å². The fraction of sp³-hybridized carbons (Fsp3) is 0.474. The van der Waals surface area contributed by atoms with Crippen molar-refractivity contribution in [1.29, 1.82) is 0 Å². The van der Waals surface area contributed by atoms with Gasteiger partial charge in [0.15, 0.2) is 8.32 Å². The molecule has 0 bridgehead atoms. The molecule has 1 aliphatic heterocycles. The number of imide groups is 1. The molecule has 0 unspecified atom stereocenters. The molecule has 2 rings (SSSR count). The van der Waals surface area contributed by atoms with Gasteiger partial charge in [-0.3, -0.25) is 14.5 Å². The molecule has 0 atom stereocenters. The van der Waals surface area contributed by atoms with E-state index in [9.17, 15) is 9.59 Å². The Hall–Kier alpha value is -1.72. The number of hydrogen-bond donors (Lipinski definition) is 0. The predicted octanol–water partition coefficient (Wildman–Crippen LogP) is 4.25. The first-order chi connectivity index (χ1) is 11.1. The van der Waals surface area contributed by atoms with Gasteiger partial charge in [0.25, 0.3) is 11.8 Å². The van der Waals surface area contributed by atoms with E-state index in [4.69, 9.17) is 4.43 Å². The zero-order chi connectivity index (χ0) is 18.0. The first-order valence-corrected chi connectivity index (χ1v) is 11.3. The fourth-order valence-electron chi connectivity index (χ4n) is 2.30. The minimum absolute atomic E-state index is 0.193. The summed E-state index contributed by atoms with van der Waals surface area (Å²) in [5.74, 6) is -0.386. The van der Waals surface area contributed by atoms with Crippen molar-refractivity contribution >= 4 is 20.1 Å². The maximum atomic E-state index is 12.2. The van der Waals surface area contributed by atoms with Crippen molar-refractivity contribution < 1.29 is 14.0 Å². The highest BCUT2D eigenvalue weighted by Crippen LogP contribution is 2.36. The maximum absolute atomic E-state index is 12.2. The molecular weight excluding hydrogens is 318 g/mol. The van der Waals surface area contributed by atoms with Crippen LogP contribution in [0.5, 0.6) is 0 Å². The summed E-state index contributed by atoms with van der Waals surface area (Å²) in [6.07, 6.45) is 4.61. The standard InChI is InChI=1S/C19H27NO3Si/c1-19(2,3)24(4,5)23-14-10-6-9-13-20-17(21)15-11-7-8-12-16(15)18(20)22/h6-8,10-12H,9,13-14H2,1-5H3/b10-6-. The normalized spacial score (nSPS) is 15.5. The van der Waals surface area contributed by atoms with E-state index in [1.54, 1.807) is 24.3 Å². The van der Waals surface area contributed by atoms with Crippen molar-refractivity contribution in [1.82, 2.24) is 4.90 Å². The highest BCUT2D eigenvalue weighted by atomic mass is 28.4. The van der Waals surface area contributed by atoms with Gasteiger partial charge in [-0.1, -0.05) is 45.1 Å². The minimum Gasteiger partial charge on any atom is -0.413 e. The van der Waals surface area contributed by atoms with E-state index in [2.05, 4.69) is 33.9 Å². The molecule has 1 aliphatic rings. The van der Waals surface area contributed by atoms with Gasteiger partial charge in [0.2, 0.25) is 0 Å². The molecule has 0 aliphatic carbocycles. The van der Waals surface area contributed by atoms with Gasteiger partial charge in [0.05, 0.1) is 17.7 Å². The van der Waals surface area contributed by atoms with Crippen LogP contribution in [0, 0.1) is 0 Å². The predicted molar refractivity (Wildman–Crippen MR) is 98.7 cm³/mol. The van der Waals surface area contributed by atoms with E-state index in [0.29, 0.717) is 30.7 Å². The lowest BCUT2D eigenvalue weighted by molar-refractivity contribution is 0.0657. The lowest BCUT2D eigenvalue weighted by atomic mass is 10.1. The molecule has 1 aromatic carbocycles. The Bertz CT molecular complexity index is 624. The summed E-state index contributed by atoms with van der Waals surface area (Å²) in [6.45, 7) is 12.1. The van der Waals surface area contributed by atoms with Gasteiger partial charge < -0.3 is 4.43 Å². The monoisotopic (exact) mass is 345 g/mol. The average molecular weight is 346 g/mol. The summed E-state index contributed by atoms with van der Waals surface area (Å²) in [5.41, 5.74) is 1.01. The maximum Gasteiger partial charge on any atom is 0.261 e. The first kappa shape index (κ1) is 18.6. The SMILES string of the molecule is CC(C)(C)[Si](C)(C)OC/C=C\CCN1C(=O)c2ccccc2C1=O. The molecule has 1 aromatic rings. The number of benzene rings is 1. The largest absolute Gasteiger partial charge is 0.413 e. The van der Waals surface area contributed by atoms with Crippen LogP contribution in [0.1, 0.15) is 47.9 Å². The third-order valence-corrected chi connectivity index (χ3v) is 9.41. The van der Waals surface area contributed by atoms with Crippen LogP contribution in [0.15, 0.2) is 36.4 Å². The van der Waals surface area contributed by atoms with Crippen molar-refractivity contribution in [2.45, 2.75) is 45.3 Å². The zero-order valence-electron chi connectivity index (χ0n) is 15.3. The second kappa shape index (κ2) is 7.03. The molecule has 4 nitrogen and oxygen atoms in total. The lowest BCUT2D eigenvalue weighted by Crippen LogP contribution is -2.40. The Morgan fingerprint density at radius 3 is 2.08 bits per heavy atom. The molecule has 0 aromatic heterocycles. The third kappa shape index (κ3) is 3.84. The van der Waals surface area contributed by atoms with Crippen molar-refractivity contribution in [2.75, 3.05) is 13.2 Å². The Morgan fingerprint density at radius 2 is 1.58 bits per heavy atom. The van der Waals surface area contributed by atoms with Crippen LogP contribution in [-0.4, -0.2) is 38.2 Å². The molecular formula is C19H27NO3Si. The Labute approximate surface area is 145 Å². The molecule has 2 amide bonds. The summed E-state index contributed by atoms with van der Waals surface area (Å²) in [5, 5.41) is 0.195. The lowest BCUT2D eigenvalue weighted by Gasteiger charge is -2.35. The number of nitrogens with zero attached hydrogens (tertiary/aromatic N) is 1. The second-order valence-corrected chi connectivity index (χ2v) is 12.4. The van der Waals surface area contributed by atoms with Crippen molar-refractivity contribution in [3.05, 3.63) is 47.5 Å². The Morgan fingerprint density at radius 1 is 1.04 bits per heavy atom. The van der Waals surface area contributed by atoms with Gasteiger partial charge in [-0.25, -0.2) is 0 Å². The van der Waals surface area contributed by atoms with Crippen LogP contribution in [-0.2, 0) is 4.43 Å². The van der Waals surface area contributed by atoms with E-state index < -0.39 is 8.32 Å². The van der Waals surface area contributed by atoms with Crippen LogP contribution >= 0.6 is 0 Å². The summed E-state index contributed by atoms with van der Waals surface area (Å²) in [7, 11) is -1.73. The van der Waals surface area contributed by atoms with Crippen LogP contribution < -0.4 is 0 Å². The van der Waals surface area contributed by atoms with Crippen molar-refractivity contribution in [2.24, 2.45) is 0 Å². The van der Waals surface area contributed by atoms with E-state index >= 15 is 0 Å². The molecule has 24 heavy (non-hydrogen) atoms. The first-order valence-electron chi connectivity index (χ1n) is 8.39. The molecule has 0 N–H and O–H groups in total. The van der Waals surface area contributed by atoms with Crippen molar-refractivity contribution in [3.8, 4) is 0 Å². The fourth-order valence-corrected chi connectivity index (χ4v) is 3.25. The molecule has 0 spiro atoms. The summed E-state index contributed by atoms with van der Waals surface area (Å²) >= 11 is 0. The number of fused-ring (bicyclic) bond motifs is 1. The Kier molecular flexibility index (Phi) is 5.45. The molecule has 1 heterocycles. The van der Waals surface area contributed by atoms with E-state index in [0.717, 1.165) is 0 Å². The second-order valence-electron chi connectivity index (χ2n) is 7.64. The van der Waals surface area contributed by atoms with Gasteiger partial charge in [-0.2, -0.15) is 0 Å². The number of carbonyl (C=O) groups is 2. The van der Waals surface area contributed by atoms with E-state index in [1.165, 1.54) is 4.90 Å². The number of hydrogen-bond acceptors (Lipinski definition) is 3. The number of rotatable bonds is 6. The zero-order valence-corrected chi connectivity index (χ0v) is 16.3. The van der Waals surface area contributed by atoms with Gasteiger partial charge in [0, 0.05) is 6.54 Å². The topological polar surface area (TPSA) is 46.6 Å². The van der Waals surface area contributed by atoms with Crippen LogP contribution in [0.2, 0.25) is 18.1 Å². The van der Waals surface area contributed by atoms with Gasteiger partial charge in [-0.15, -0.1) is 0 Å². The van der Waals surface area contributed by atoms with E-state index in [-0.39, 0.29) is 16.9 Å². The highest BCUT2D eigenvalue weighted by Gasteiger charge is 2.36. The highest BCUT2D eigenvalue weighted by molar-refractivity contribution is 6.74. The molecule has 0 radical (unpaired) electrons. The minimum atomic E-state index is -1.73. The number of amides is 2. The van der Waals surface area contributed by atoms with Crippen LogP contribution in [0.3, 0.4) is 0 Å².